The maximum absolute atomic E-state index is 13.2. The molecule has 12 nitrogen and oxygen atoms in total. The molecule has 5 heterocycles. The van der Waals surface area contributed by atoms with E-state index >= 15 is 0 Å². The van der Waals surface area contributed by atoms with Crippen LogP contribution in [0.5, 0.6) is 0 Å². The minimum absolute atomic E-state index is 0.105. The van der Waals surface area contributed by atoms with Crippen LogP contribution in [0.4, 0.5) is 0 Å². The molecule has 1 atom stereocenters. The van der Waals surface area contributed by atoms with E-state index < -0.39 is 6.10 Å². The lowest BCUT2D eigenvalue weighted by Crippen LogP contribution is -3.14. The number of nitrogens with one attached hydrogen (secondary N) is 1. The van der Waals surface area contributed by atoms with Crippen molar-refractivity contribution in [1.82, 2.24) is 35.1 Å². The monoisotopic (exact) mass is 441 g/mol. The van der Waals surface area contributed by atoms with E-state index in [1.54, 1.807) is 11.8 Å². The number of piperidine rings is 1. The number of amides is 1. The van der Waals surface area contributed by atoms with Crippen LogP contribution in [0, 0.1) is 5.41 Å². The van der Waals surface area contributed by atoms with Crippen molar-refractivity contribution in [2.24, 2.45) is 5.41 Å². The van der Waals surface area contributed by atoms with Crippen LogP contribution in [0.1, 0.15) is 38.0 Å². The Morgan fingerprint density at radius 1 is 1.22 bits per heavy atom. The maximum atomic E-state index is 13.2. The second-order valence-corrected chi connectivity index (χ2v) is 8.66. The summed E-state index contributed by atoms with van der Waals surface area (Å²) in [4.78, 5) is 36.5. The number of nitrogens with zero attached hydrogens (tertiary/aromatic N) is 7. The summed E-state index contributed by atoms with van der Waals surface area (Å²) in [5, 5.41) is 21.5. The molecule has 1 amide bonds. The van der Waals surface area contributed by atoms with Gasteiger partial charge in [-0.2, -0.15) is 4.68 Å². The van der Waals surface area contributed by atoms with E-state index in [9.17, 15) is 14.7 Å². The number of aliphatic hydroxyl groups is 1. The van der Waals surface area contributed by atoms with Crippen molar-refractivity contribution in [3.05, 3.63) is 35.7 Å². The number of rotatable bonds is 5. The van der Waals surface area contributed by atoms with Crippen molar-refractivity contribution in [3.8, 4) is 5.82 Å². The highest BCUT2D eigenvalue weighted by molar-refractivity contribution is 5.94. The van der Waals surface area contributed by atoms with Crippen LogP contribution in [0.2, 0.25) is 0 Å². The molecule has 3 aliphatic heterocycles. The fourth-order valence-corrected chi connectivity index (χ4v) is 4.84. The first-order valence-corrected chi connectivity index (χ1v) is 10.7. The normalized spacial score (nSPS) is 26.8. The number of likely N-dealkylation sites (tertiary alicyclic amines) is 2. The van der Waals surface area contributed by atoms with E-state index in [1.165, 1.54) is 28.3 Å². The number of hydrogen-bond donors (Lipinski definition) is 2. The molecule has 0 unspecified atom stereocenters. The SMILES string of the molecule is CC1=C(N2CCC3(CC[NH+](C[C@@H](O)c4cnc(-n5cnnn5)cn4)CC3)C2=O)COC1=O. The van der Waals surface area contributed by atoms with Gasteiger partial charge in [-0.25, -0.2) is 9.78 Å². The predicted octanol–water partition coefficient (Wildman–Crippen LogP) is -1.79. The molecule has 2 N–H and O–H groups in total. The topological polar surface area (TPSA) is 141 Å². The molecule has 0 aromatic carbocycles. The summed E-state index contributed by atoms with van der Waals surface area (Å²) in [5.41, 5.74) is 1.37. The fourth-order valence-electron chi connectivity index (χ4n) is 4.84. The lowest BCUT2D eigenvalue weighted by molar-refractivity contribution is -0.910. The average molecular weight is 441 g/mol. The van der Waals surface area contributed by atoms with Crippen LogP contribution in [0.15, 0.2) is 30.0 Å². The fraction of sp³-hybridized carbons (Fsp3) is 0.550. The Kier molecular flexibility index (Phi) is 5.18. The minimum Gasteiger partial charge on any atom is -0.456 e. The number of aromatic nitrogens is 6. The summed E-state index contributed by atoms with van der Waals surface area (Å²) in [6.45, 7) is 4.61. The first-order valence-electron chi connectivity index (χ1n) is 10.7. The molecule has 2 fully saturated rings. The molecule has 2 aromatic rings. The first-order chi connectivity index (χ1) is 15.5. The summed E-state index contributed by atoms with van der Waals surface area (Å²) in [7, 11) is 0. The molecule has 5 rings (SSSR count). The van der Waals surface area contributed by atoms with Crippen molar-refractivity contribution < 1.29 is 24.3 Å². The highest BCUT2D eigenvalue weighted by atomic mass is 16.5. The van der Waals surface area contributed by atoms with E-state index in [4.69, 9.17) is 4.74 Å². The highest BCUT2D eigenvalue weighted by Crippen LogP contribution is 2.41. The van der Waals surface area contributed by atoms with Gasteiger partial charge in [-0.05, 0) is 23.8 Å². The standard InChI is InChI=1S/C20H24N8O4/c1-13-15(11-32-18(13)30)27-7-4-20(19(27)31)2-5-26(6-3-20)10-16(29)14-8-22-17(9-21-14)28-12-23-24-25-28/h8-9,12,16,29H,2-7,10-11H2,1H3/p+1/t16-/m1/s1. The van der Waals surface area contributed by atoms with E-state index in [0.717, 1.165) is 32.4 Å². The largest absolute Gasteiger partial charge is 0.456 e. The van der Waals surface area contributed by atoms with Gasteiger partial charge in [0.1, 0.15) is 25.6 Å². The molecule has 0 saturated carbocycles. The lowest BCUT2D eigenvalue weighted by atomic mass is 9.77. The van der Waals surface area contributed by atoms with Gasteiger partial charge in [0.2, 0.25) is 5.91 Å². The third-order valence-corrected chi connectivity index (χ3v) is 6.90. The Morgan fingerprint density at radius 3 is 2.66 bits per heavy atom. The van der Waals surface area contributed by atoms with Gasteiger partial charge in [0.15, 0.2) is 5.82 Å². The Morgan fingerprint density at radius 2 is 2.03 bits per heavy atom. The highest BCUT2D eigenvalue weighted by Gasteiger charge is 2.51. The molecule has 2 saturated heterocycles. The molecule has 3 aliphatic rings. The Hall–Kier alpha value is -3.25. The molecule has 168 valence electrons. The van der Waals surface area contributed by atoms with Crippen molar-refractivity contribution in [2.45, 2.75) is 32.3 Å². The molecule has 0 bridgehead atoms. The van der Waals surface area contributed by atoms with Crippen LogP contribution in [0.3, 0.4) is 0 Å². The molecule has 1 spiro atoms. The zero-order valence-electron chi connectivity index (χ0n) is 17.8. The number of carbonyl (C=O) groups is 2. The van der Waals surface area contributed by atoms with Crippen LogP contribution >= 0.6 is 0 Å². The number of carbonyl (C=O) groups excluding carboxylic acids is 2. The van der Waals surface area contributed by atoms with Crippen molar-refractivity contribution >= 4 is 11.9 Å². The number of ether oxygens (including phenoxy) is 1. The molecule has 2 aromatic heterocycles. The van der Waals surface area contributed by atoms with Crippen LogP contribution in [-0.4, -0.2) is 84.8 Å². The summed E-state index contributed by atoms with van der Waals surface area (Å²) < 4.78 is 6.48. The summed E-state index contributed by atoms with van der Waals surface area (Å²) in [6.07, 6.45) is 6.04. The Bertz CT molecular complexity index is 1040. The molecular weight excluding hydrogens is 416 g/mol. The average Bonchev–Trinajstić information content (AvgIpc) is 3.53. The van der Waals surface area contributed by atoms with Crippen molar-refractivity contribution in [2.75, 3.05) is 32.8 Å². The first kappa shape index (κ1) is 20.6. The van der Waals surface area contributed by atoms with E-state index in [2.05, 4.69) is 25.5 Å². The minimum atomic E-state index is -0.750. The zero-order chi connectivity index (χ0) is 22.3. The third kappa shape index (κ3) is 3.54. The van der Waals surface area contributed by atoms with Gasteiger partial charge in [0.05, 0.1) is 47.9 Å². The number of esters is 1. The van der Waals surface area contributed by atoms with Gasteiger partial charge in [0, 0.05) is 19.4 Å². The predicted molar refractivity (Wildman–Crippen MR) is 107 cm³/mol. The quantitative estimate of drug-likeness (QED) is 0.515. The number of hydrogen-bond acceptors (Lipinski definition) is 9. The van der Waals surface area contributed by atoms with Gasteiger partial charge >= 0.3 is 5.97 Å². The molecule has 12 heteroatoms. The van der Waals surface area contributed by atoms with Gasteiger partial charge in [-0.1, -0.05) is 0 Å². The van der Waals surface area contributed by atoms with E-state index in [1.807, 2.05) is 0 Å². The Balaban J connectivity index is 1.18. The third-order valence-electron chi connectivity index (χ3n) is 6.90. The van der Waals surface area contributed by atoms with Gasteiger partial charge in [-0.3, -0.25) is 9.78 Å². The van der Waals surface area contributed by atoms with Crippen LogP contribution < -0.4 is 4.90 Å². The number of aliphatic hydroxyl groups excluding tert-OH is 1. The summed E-state index contributed by atoms with van der Waals surface area (Å²) >= 11 is 0. The number of quaternary nitrogens is 1. The van der Waals surface area contributed by atoms with E-state index in [-0.39, 0.29) is 23.9 Å². The smallest absolute Gasteiger partial charge is 0.336 e. The lowest BCUT2D eigenvalue weighted by Gasteiger charge is -2.36. The summed E-state index contributed by atoms with van der Waals surface area (Å²) in [6, 6.07) is 0. The van der Waals surface area contributed by atoms with Gasteiger partial charge in [-0.15, -0.1) is 5.10 Å². The van der Waals surface area contributed by atoms with Crippen molar-refractivity contribution in [3.63, 3.8) is 0 Å². The molecule has 32 heavy (non-hydrogen) atoms. The number of tetrazole rings is 1. The Labute approximate surface area is 183 Å². The summed E-state index contributed by atoms with van der Waals surface area (Å²) in [5.74, 6) is 0.243. The van der Waals surface area contributed by atoms with Crippen molar-refractivity contribution in [1.29, 1.82) is 0 Å². The van der Waals surface area contributed by atoms with Gasteiger partial charge in [0.25, 0.3) is 0 Å². The zero-order valence-corrected chi connectivity index (χ0v) is 17.8. The second kappa shape index (κ2) is 8.02. The number of cyclic esters (lactones) is 1. The molecule has 0 radical (unpaired) electrons. The van der Waals surface area contributed by atoms with Crippen LogP contribution in [0.25, 0.3) is 5.82 Å². The van der Waals surface area contributed by atoms with Crippen LogP contribution in [-0.2, 0) is 14.3 Å². The molecular formula is C20H25N8O4+. The maximum Gasteiger partial charge on any atom is 0.336 e. The second-order valence-electron chi connectivity index (χ2n) is 8.66. The van der Waals surface area contributed by atoms with E-state index in [0.29, 0.717) is 35.9 Å². The molecule has 0 aliphatic carbocycles. The van der Waals surface area contributed by atoms with Gasteiger partial charge < -0.3 is 19.6 Å².